The van der Waals surface area contributed by atoms with Crippen LogP contribution < -0.4 is 0 Å². The van der Waals surface area contributed by atoms with Crippen molar-refractivity contribution >= 4 is 50.6 Å². The van der Waals surface area contributed by atoms with Gasteiger partial charge in [0.2, 0.25) is 0 Å². The molecule has 8 heteroatoms. The van der Waals surface area contributed by atoms with Gasteiger partial charge in [-0.05, 0) is 42.0 Å². The fourth-order valence-electron chi connectivity index (χ4n) is 2.13. The minimum atomic E-state index is -3.98. The SMILES string of the molecule is COC(=O)[C@@H](Cc1ccc(Cl)cc1Cl)S(=O)(=O)c1ccc(Cl)cc1. The van der Waals surface area contributed by atoms with Gasteiger partial charge >= 0.3 is 5.97 Å². The summed E-state index contributed by atoms with van der Waals surface area (Å²) in [5.41, 5.74) is 0.481. The Bertz CT molecular complexity index is 848. The largest absolute Gasteiger partial charge is 0.468 e. The van der Waals surface area contributed by atoms with E-state index >= 15 is 0 Å². The number of methoxy groups -OCH3 is 1. The summed E-state index contributed by atoms with van der Waals surface area (Å²) in [6, 6.07) is 10.2. The molecule has 1 atom stereocenters. The van der Waals surface area contributed by atoms with Crippen LogP contribution in [0, 0.1) is 0 Å². The first kappa shape index (κ1) is 19.1. The van der Waals surface area contributed by atoms with Gasteiger partial charge in [0.1, 0.15) is 0 Å². The number of ether oxygens (including phenoxy) is 1. The van der Waals surface area contributed by atoms with Gasteiger partial charge in [-0.25, -0.2) is 8.42 Å². The van der Waals surface area contributed by atoms with Gasteiger partial charge < -0.3 is 4.74 Å². The van der Waals surface area contributed by atoms with Crippen LogP contribution in [0.15, 0.2) is 47.4 Å². The Kier molecular flexibility index (Phi) is 6.15. The van der Waals surface area contributed by atoms with Crippen LogP contribution in [0.5, 0.6) is 0 Å². The highest BCUT2D eigenvalue weighted by Crippen LogP contribution is 2.27. The molecule has 4 nitrogen and oxygen atoms in total. The molecule has 0 heterocycles. The molecule has 128 valence electrons. The first-order valence-electron chi connectivity index (χ1n) is 6.77. The molecule has 0 saturated carbocycles. The van der Waals surface area contributed by atoms with Crippen LogP contribution >= 0.6 is 34.8 Å². The zero-order valence-electron chi connectivity index (χ0n) is 12.5. The fourth-order valence-corrected chi connectivity index (χ4v) is 4.33. The number of sulfone groups is 1. The number of halogens is 3. The monoisotopic (exact) mass is 406 g/mol. The summed E-state index contributed by atoms with van der Waals surface area (Å²) >= 11 is 17.7. The fraction of sp³-hybridized carbons (Fsp3) is 0.188. The molecule has 0 spiro atoms. The molecule has 0 aromatic heterocycles. The Hall–Kier alpha value is -1.27. The number of benzene rings is 2. The lowest BCUT2D eigenvalue weighted by Gasteiger charge is -2.16. The third-order valence-electron chi connectivity index (χ3n) is 3.40. The van der Waals surface area contributed by atoms with E-state index in [1.54, 1.807) is 12.1 Å². The first-order valence-corrected chi connectivity index (χ1v) is 9.45. The zero-order chi connectivity index (χ0) is 17.9. The minimum Gasteiger partial charge on any atom is -0.468 e. The standard InChI is InChI=1S/C16H13Cl3O4S/c1-23-16(20)15(8-10-2-3-12(18)9-14(10)19)24(21,22)13-6-4-11(17)5-7-13/h2-7,9,15H,8H2,1H3/t15-/m1/s1. The molecule has 2 aromatic rings. The molecule has 0 saturated heterocycles. The van der Waals surface area contributed by atoms with Crippen LogP contribution in [-0.4, -0.2) is 26.7 Å². The third kappa shape index (κ3) is 4.22. The van der Waals surface area contributed by atoms with E-state index in [-0.39, 0.29) is 16.3 Å². The number of carbonyl (C=O) groups excluding carboxylic acids is 1. The molecule has 2 aromatic carbocycles. The van der Waals surface area contributed by atoms with Crippen molar-refractivity contribution in [1.82, 2.24) is 0 Å². The van der Waals surface area contributed by atoms with Crippen molar-refractivity contribution < 1.29 is 17.9 Å². The molecule has 0 fully saturated rings. The summed E-state index contributed by atoms with van der Waals surface area (Å²) in [5, 5.41) is -0.340. The Morgan fingerprint density at radius 1 is 1.04 bits per heavy atom. The lowest BCUT2D eigenvalue weighted by molar-refractivity contribution is -0.140. The highest BCUT2D eigenvalue weighted by atomic mass is 35.5. The van der Waals surface area contributed by atoms with Gasteiger partial charge in [-0.2, -0.15) is 0 Å². The highest BCUT2D eigenvalue weighted by molar-refractivity contribution is 7.92. The molecular weight excluding hydrogens is 395 g/mol. The van der Waals surface area contributed by atoms with Crippen LogP contribution in [0.1, 0.15) is 5.56 Å². The molecule has 0 radical (unpaired) electrons. The van der Waals surface area contributed by atoms with Crippen molar-refractivity contribution in [2.75, 3.05) is 7.11 Å². The van der Waals surface area contributed by atoms with Gasteiger partial charge in [0, 0.05) is 21.5 Å². The second kappa shape index (κ2) is 7.74. The van der Waals surface area contributed by atoms with Crippen LogP contribution in [0.3, 0.4) is 0 Å². The average molecular weight is 408 g/mol. The molecule has 0 aliphatic carbocycles. The first-order chi connectivity index (χ1) is 11.3. The summed E-state index contributed by atoms with van der Waals surface area (Å²) in [6.07, 6.45) is -0.131. The smallest absolute Gasteiger partial charge is 0.324 e. The second-order valence-electron chi connectivity index (χ2n) is 4.95. The molecule has 24 heavy (non-hydrogen) atoms. The molecule has 0 unspecified atom stereocenters. The second-order valence-corrected chi connectivity index (χ2v) is 8.36. The molecule has 0 aliphatic rings. The quantitative estimate of drug-likeness (QED) is 0.697. The van der Waals surface area contributed by atoms with Gasteiger partial charge in [-0.15, -0.1) is 0 Å². The molecule has 0 aliphatic heterocycles. The summed E-state index contributed by atoms with van der Waals surface area (Å²) in [6.45, 7) is 0. The van der Waals surface area contributed by atoms with E-state index in [0.717, 1.165) is 7.11 Å². The van der Waals surface area contributed by atoms with Gasteiger partial charge in [0.15, 0.2) is 15.1 Å². The predicted molar refractivity (Wildman–Crippen MR) is 94.6 cm³/mol. The van der Waals surface area contributed by atoms with Crippen molar-refractivity contribution in [3.63, 3.8) is 0 Å². The van der Waals surface area contributed by atoms with Crippen LogP contribution in [-0.2, 0) is 25.8 Å². The third-order valence-corrected chi connectivity index (χ3v) is 6.28. The minimum absolute atomic E-state index is 0.0209. The number of esters is 1. The maximum Gasteiger partial charge on any atom is 0.324 e. The molecule has 0 N–H and O–H groups in total. The van der Waals surface area contributed by atoms with Gasteiger partial charge in [-0.3, -0.25) is 4.79 Å². The van der Waals surface area contributed by atoms with E-state index in [1.807, 2.05) is 0 Å². The van der Waals surface area contributed by atoms with Crippen molar-refractivity contribution in [3.05, 3.63) is 63.1 Å². The van der Waals surface area contributed by atoms with Crippen molar-refractivity contribution in [2.24, 2.45) is 0 Å². The topological polar surface area (TPSA) is 60.4 Å². The number of hydrogen-bond donors (Lipinski definition) is 0. The van der Waals surface area contributed by atoms with E-state index in [9.17, 15) is 13.2 Å². The van der Waals surface area contributed by atoms with E-state index < -0.39 is 21.1 Å². The maximum atomic E-state index is 12.8. The van der Waals surface area contributed by atoms with Crippen LogP contribution in [0.2, 0.25) is 15.1 Å². The van der Waals surface area contributed by atoms with Crippen LogP contribution in [0.25, 0.3) is 0 Å². The van der Waals surface area contributed by atoms with Gasteiger partial charge in [0.05, 0.1) is 12.0 Å². The zero-order valence-corrected chi connectivity index (χ0v) is 15.6. The van der Waals surface area contributed by atoms with Gasteiger partial charge in [0.25, 0.3) is 0 Å². The average Bonchev–Trinajstić information content (AvgIpc) is 2.53. The van der Waals surface area contributed by atoms with Gasteiger partial charge in [-0.1, -0.05) is 40.9 Å². The lowest BCUT2D eigenvalue weighted by atomic mass is 10.1. The maximum absolute atomic E-state index is 12.8. The normalized spacial score (nSPS) is 12.7. The van der Waals surface area contributed by atoms with E-state index in [1.165, 1.54) is 30.3 Å². The summed E-state index contributed by atoms with van der Waals surface area (Å²) < 4.78 is 30.3. The summed E-state index contributed by atoms with van der Waals surface area (Å²) in [7, 11) is -2.84. The number of carbonyl (C=O) groups is 1. The number of hydrogen-bond acceptors (Lipinski definition) is 4. The van der Waals surface area contributed by atoms with Crippen molar-refractivity contribution in [2.45, 2.75) is 16.6 Å². The summed E-state index contributed by atoms with van der Waals surface area (Å²) in [4.78, 5) is 12.1. The molecule has 2 rings (SSSR count). The molecule has 0 bridgehead atoms. The summed E-state index contributed by atoms with van der Waals surface area (Å²) in [5.74, 6) is -0.865. The molecule has 0 amide bonds. The highest BCUT2D eigenvalue weighted by Gasteiger charge is 2.35. The Morgan fingerprint density at radius 2 is 1.62 bits per heavy atom. The number of rotatable bonds is 5. The Balaban J connectivity index is 2.44. The Labute approximate surface area is 155 Å². The van der Waals surface area contributed by atoms with E-state index in [4.69, 9.17) is 34.8 Å². The predicted octanol–water partition coefficient (Wildman–Crippen LogP) is 4.20. The van der Waals surface area contributed by atoms with Crippen molar-refractivity contribution in [3.8, 4) is 0 Å². The van der Waals surface area contributed by atoms with Crippen LogP contribution in [0.4, 0.5) is 0 Å². The molecular formula is C16H13Cl3O4S. The lowest BCUT2D eigenvalue weighted by Crippen LogP contribution is -2.33. The van der Waals surface area contributed by atoms with Crippen molar-refractivity contribution in [1.29, 1.82) is 0 Å². The van der Waals surface area contributed by atoms with E-state index in [2.05, 4.69) is 4.74 Å². The Morgan fingerprint density at radius 3 is 2.17 bits per heavy atom. The van der Waals surface area contributed by atoms with E-state index in [0.29, 0.717) is 15.6 Å².